The van der Waals surface area contributed by atoms with Gasteiger partial charge in [0, 0.05) is 26.6 Å². The van der Waals surface area contributed by atoms with Crippen molar-refractivity contribution in [2.45, 2.75) is 38.8 Å². The second-order valence-corrected chi connectivity index (χ2v) is 4.17. The Kier molecular flexibility index (Phi) is 3.90. The molecule has 5 nitrogen and oxygen atoms in total. The van der Waals surface area contributed by atoms with Crippen LogP contribution in [0.4, 0.5) is 0 Å². The second-order valence-electron chi connectivity index (χ2n) is 4.17. The van der Waals surface area contributed by atoms with Gasteiger partial charge in [0.2, 0.25) is 5.89 Å². The first-order valence-corrected chi connectivity index (χ1v) is 5.88. The van der Waals surface area contributed by atoms with Gasteiger partial charge < -0.3 is 9.26 Å². The molecular weight excluding hydrogens is 206 g/mol. The Morgan fingerprint density at radius 3 is 2.75 bits per heavy atom. The van der Waals surface area contributed by atoms with Gasteiger partial charge in [0.25, 0.3) is 0 Å². The van der Waals surface area contributed by atoms with Crippen molar-refractivity contribution in [1.82, 2.24) is 15.0 Å². The summed E-state index contributed by atoms with van der Waals surface area (Å²) in [5, 5.41) is 3.89. The van der Waals surface area contributed by atoms with E-state index in [1.807, 2.05) is 6.92 Å². The van der Waals surface area contributed by atoms with Crippen LogP contribution >= 0.6 is 0 Å². The zero-order chi connectivity index (χ0) is 11.4. The molecule has 0 bridgehead atoms. The average Bonchev–Trinajstić information content (AvgIpc) is 2.78. The second kappa shape index (κ2) is 5.41. The number of likely N-dealkylation sites (tertiary alicyclic amines) is 1. The van der Waals surface area contributed by atoms with Gasteiger partial charge in [0.15, 0.2) is 5.82 Å². The molecule has 0 spiro atoms. The van der Waals surface area contributed by atoms with Gasteiger partial charge in [-0.2, -0.15) is 4.98 Å². The van der Waals surface area contributed by atoms with Gasteiger partial charge in [-0.1, -0.05) is 12.1 Å². The van der Waals surface area contributed by atoms with Gasteiger partial charge in [-0.15, -0.1) is 0 Å². The normalized spacial score (nSPS) is 19.1. The predicted molar refractivity (Wildman–Crippen MR) is 59.0 cm³/mol. The lowest BCUT2D eigenvalue weighted by atomic mass is 10.1. The van der Waals surface area contributed by atoms with E-state index in [9.17, 15) is 0 Å². The van der Waals surface area contributed by atoms with Gasteiger partial charge in [0.1, 0.15) is 0 Å². The number of aromatic nitrogens is 2. The monoisotopic (exact) mass is 225 g/mol. The first kappa shape index (κ1) is 11.5. The van der Waals surface area contributed by atoms with E-state index in [4.69, 9.17) is 9.26 Å². The smallest absolute Gasteiger partial charge is 0.240 e. The topological polar surface area (TPSA) is 51.4 Å². The summed E-state index contributed by atoms with van der Waals surface area (Å²) >= 11 is 0. The maximum absolute atomic E-state index is 5.33. The van der Waals surface area contributed by atoms with Crippen molar-refractivity contribution in [3.8, 4) is 0 Å². The minimum absolute atomic E-state index is 0.421. The zero-order valence-electron chi connectivity index (χ0n) is 9.98. The Labute approximate surface area is 95.8 Å². The lowest BCUT2D eigenvalue weighted by molar-refractivity contribution is 0.0359. The fourth-order valence-electron chi connectivity index (χ4n) is 1.99. The fraction of sp³-hybridized carbons (Fsp3) is 0.818. The van der Waals surface area contributed by atoms with Crippen LogP contribution in [0.15, 0.2) is 4.52 Å². The Morgan fingerprint density at radius 1 is 1.44 bits per heavy atom. The first-order valence-electron chi connectivity index (χ1n) is 5.88. The number of methoxy groups -OCH3 is 1. The summed E-state index contributed by atoms with van der Waals surface area (Å²) in [5.74, 6) is 1.52. The van der Waals surface area contributed by atoms with Crippen LogP contribution in [-0.4, -0.2) is 41.3 Å². The van der Waals surface area contributed by atoms with Crippen molar-refractivity contribution in [3.05, 3.63) is 11.7 Å². The van der Waals surface area contributed by atoms with Crippen LogP contribution in [-0.2, 0) is 17.7 Å². The van der Waals surface area contributed by atoms with Gasteiger partial charge in [0.05, 0.1) is 12.6 Å². The molecule has 1 aromatic rings. The molecule has 1 aromatic heterocycles. The first-order chi connectivity index (χ1) is 7.81. The number of ether oxygens (including phenoxy) is 1. The van der Waals surface area contributed by atoms with Crippen LogP contribution in [0, 0.1) is 0 Å². The molecule has 0 unspecified atom stereocenters. The highest BCUT2D eigenvalue weighted by atomic mass is 16.5. The van der Waals surface area contributed by atoms with Crippen LogP contribution in [0.1, 0.15) is 31.5 Å². The highest BCUT2D eigenvalue weighted by Gasteiger charge is 2.20. The van der Waals surface area contributed by atoms with Crippen LogP contribution in [0.5, 0.6) is 0 Å². The molecule has 1 aliphatic rings. The maximum Gasteiger partial charge on any atom is 0.240 e. The van der Waals surface area contributed by atoms with E-state index in [-0.39, 0.29) is 0 Å². The van der Waals surface area contributed by atoms with Crippen LogP contribution in [0.3, 0.4) is 0 Å². The lowest BCUT2D eigenvalue weighted by Gasteiger charge is -2.29. The molecule has 2 heterocycles. The Bertz CT molecular complexity index is 319. The summed E-state index contributed by atoms with van der Waals surface area (Å²) in [6.45, 7) is 4.88. The molecule has 2 rings (SSSR count). The molecule has 90 valence electrons. The van der Waals surface area contributed by atoms with E-state index >= 15 is 0 Å². The Balaban J connectivity index is 1.82. The van der Waals surface area contributed by atoms with E-state index in [1.54, 1.807) is 7.11 Å². The Morgan fingerprint density at radius 2 is 2.19 bits per heavy atom. The zero-order valence-corrected chi connectivity index (χ0v) is 9.98. The molecule has 1 fully saturated rings. The van der Waals surface area contributed by atoms with Gasteiger partial charge in [-0.3, -0.25) is 4.90 Å². The van der Waals surface area contributed by atoms with Gasteiger partial charge in [-0.25, -0.2) is 0 Å². The quantitative estimate of drug-likeness (QED) is 0.771. The van der Waals surface area contributed by atoms with E-state index in [0.29, 0.717) is 6.10 Å². The largest absolute Gasteiger partial charge is 0.381 e. The summed E-state index contributed by atoms with van der Waals surface area (Å²) in [6, 6.07) is 0. The van der Waals surface area contributed by atoms with Crippen LogP contribution in [0.2, 0.25) is 0 Å². The number of hydrogen-bond donors (Lipinski definition) is 0. The third-order valence-corrected chi connectivity index (χ3v) is 3.05. The van der Waals surface area contributed by atoms with E-state index in [1.165, 1.54) is 0 Å². The molecule has 1 aliphatic heterocycles. The van der Waals surface area contributed by atoms with Crippen LogP contribution in [0.25, 0.3) is 0 Å². The highest BCUT2D eigenvalue weighted by molar-refractivity contribution is 4.86. The van der Waals surface area contributed by atoms with Crippen molar-refractivity contribution in [1.29, 1.82) is 0 Å². The third-order valence-electron chi connectivity index (χ3n) is 3.05. The maximum atomic E-state index is 5.33. The minimum Gasteiger partial charge on any atom is -0.381 e. The fourth-order valence-corrected chi connectivity index (χ4v) is 1.99. The molecule has 0 aliphatic carbocycles. The summed E-state index contributed by atoms with van der Waals surface area (Å²) in [5.41, 5.74) is 0. The molecule has 5 heteroatoms. The molecule has 0 radical (unpaired) electrons. The minimum atomic E-state index is 0.421. The van der Waals surface area contributed by atoms with Crippen molar-refractivity contribution in [3.63, 3.8) is 0 Å². The van der Waals surface area contributed by atoms with E-state index < -0.39 is 0 Å². The van der Waals surface area contributed by atoms with Gasteiger partial charge >= 0.3 is 0 Å². The summed E-state index contributed by atoms with van der Waals surface area (Å²) in [7, 11) is 1.78. The number of rotatable bonds is 4. The highest BCUT2D eigenvalue weighted by Crippen LogP contribution is 2.14. The number of piperidine rings is 1. The predicted octanol–water partition coefficient (Wildman–Crippen LogP) is 1.24. The molecule has 0 N–H and O–H groups in total. The summed E-state index contributed by atoms with van der Waals surface area (Å²) < 4.78 is 10.5. The number of hydrogen-bond acceptors (Lipinski definition) is 5. The number of aryl methyl sites for hydroxylation is 1. The molecule has 0 aromatic carbocycles. The van der Waals surface area contributed by atoms with E-state index in [2.05, 4.69) is 15.0 Å². The molecule has 0 atom stereocenters. The van der Waals surface area contributed by atoms with Gasteiger partial charge in [-0.05, 0) is 12.8 Å². The molecule has 16 heavy (non-hydrogen) atoms. The van der Waals surface area contributed by atoms with Crippen molar-refractivity contribution >= 4 is 0 Å². The standard InChI is InChI=1S/C11H19N3O2/c1-3-10-12-11(16-13-10)8-14-6-4-9(15-2)5-7-14/h9H,3-8H2,1-2H3. The van der Waals surface area contributed by atoms with E-state index in [0.717, 1.165) is 50.6 Å². The van der Waals surface area contributed by atoms with Crippen molar-refractivity contribution in [2.75, 3.05) is 20.2 Å². The molecular formula is C11H19N3O2. The molecule has 0 saturated carbocycles. The van der Waals surface area contributed by atoms with Crippen molar-refractivity contribution in [2.24, 2.45) is 0 Å². The van der Waals surface area contributed by atoms with Crippen LogP contribution < -0.4 is 0 Å². The Hall–Kier alpha value is -0.940. The van der Waals surface area contributed by atoms with Crippen molar-refractivity contribution < 1.29 is 9.26 Å². The lowest BCUT2D eigenvalue weighted by Crippen LogP contribution is -2.36. The molecule has 1 saturated heterocycles. The average molecular weight is 225 g/mol. The third kappa shape index (κ3) is 2.80. The number of nitrogens with zero attached hydrogens (tertiary/aromatic N) is 3. The SMILES string of the molecule is CCc1noc(CN2CCC(OC)CC2)n1. The summed E-state index contributed by atoms with van der Waals surface area (Å²) in [4.78, 5) is 6.65. The molecule has 0 amide bonds. The summed E-state index contributed by atoms with van der Waals surface area (Å²) in [6.07, 6.45) is 3.43.